The average Bonchev–Trinajstić information content (AvgIpc) is 3.37. The number of H-pyrrole nitrogens is 1. The fourth-order valence-corrected chi connectivity index (χ4v) is 4.14. The van der Waals surface area contributed by atoms with Gasteiger partial charge < -0.3 is 29.4 Å². The molecule has 4 rings (SSSR count). The summed E-state index contributed by atoms with van der Waals surface area (Å²) < 4.78 is 11.8. The summed E-state index contributed by atoms with van der Waals surface area (Å²) in [7, 11) is 11.2. The van der Waals surface area contributed by atoms with Gasteiger partial charge in [-0.3, -0.25) is 0 Å². The lowest BCUT2D eigenvalue weighted by Gasteiger charge is -2.23. The van der Waals surface area contributed by atoms with E-state index in [1.807, 2.05) is 86.5 Å². The monoisotopic (exact) mass is 458 g/mol. The number of phenols is 1. The van der Waals surface area contributed by atoms with Crippen molar-refractivity contribution in [1.29, 1.82) is 0 Å². The van der Waals surface area contributed by atoms with Crippen LogP contribution in [0.15, 0.2) is 61.1 Å². The van der Waals surface area contributed by atoms with Crippen LogP contribution in [0.5, 0.6) is 17.2 Å². The number of ether oxygens (including phenoxy) is 2. The lowest BCUT2D eigenvalue weighted by Crippen LogP contribution is -2.08. The molecule has 0 atom stereocenters. The predicted octanol–water partition coefficient (Wildman–Crippen LogP) is 5.27. The molecule has 0 radical (unpaired) electrons. The smallest absolute Gasteiger partial charge is 0.172 e. The molecular weight excluding hydrogens is 428 g/mol. The summed E-state index contributed by atoms with van der Waals surface area (Å²) in [6.07, 6.45) is 3.26. The molecule has 0 aliphatic rings. The number of aromatic amines is 1. The number of nitrogens with zero attached hydrogens (tertiary/aromatic N) is 3. The fraction of sp³-hybridized carbons (Fsp3) is 0.222. The minimum absolute atomic E-state index is 0.0194. The molecule has 2 N–H and O–H groups in total. The van der Waals surface area contributed by atoms with Crippen LogP contribution in [0.25, 0.3) is 33.5 Å². The molecule has 34 heavy (non-hydrogen) atoms. The van der Waals surface area contributed by atoms with Gasteiger partial charge in [0.15, 0.2) is 11.5 Å². The van der Waals surface area contributed by atoms with Gasteiger partial charge in [0.2, 0.25) is 0 Å². The van der Waals surface area contributed by atoms with Crippen LogP contribution in [0.4, 0.5) is 11.4 Å². The molecule has 0 amide bonds. The zero-order chi connectivity index (χ0) is 24.4. The molecule has 0 bridgehead atoms. The van der Waals surface area contributed by atoms with E-state index in [0.717, 1.165) is 28.1 Å². The Kier molecular flexibility index (Phi) is 6.36. The summed E-state index contributed by atoms with van der Waals surface area (Å²) in [4.78, 5) is 11.4. The van der Waals surface area contributed by atoms with E-state index >= 15 is 0 Å². The van der Waals surface area contributed by atoms with E-state index in [1.54, 1.807) is 26.7 Å². The Morgan fingerprint density at radius 3 is 1.62 bits per heavy atom. The van der Waals surface area contributed by atoms with Crippen molar-refractivity contribution in [2.24, 2.45) is 0 Å². The Hall–Kier alpha value is -4.13. The molecule has 0 saturated carbocycles. The third-order valence-electron chi connectivity index (χ3n) is 5.90. The number of imidazole rings is 1. The van der Waals surface area contributed by atoms with E-state index in [4.69, 9.17) is 9.47 Å². The summed E-state index contributed by atoms with van der Waals surface area (Å²) in [6.45, 7) is 0. The number of methoxy groups -OCH3 is 2. The molecule has 0 unspecified atom stereocenters. The zero-order valence-electron chi connectivity index (χ0n) is 20.4. The normalized spacial score (nSPS) is 10.8. The quantitative estimate of drug-likeness (QED) is 0.393. The maximum atomic E-state index is 11.5. The van der Waals surface area contributed by atoms with Crippen LogP contribution >= 0.6 is 0 Å². The standard InChI is InChI=1S/C27H30N4O3/c1-30(2)19-11-7-17(8-12-19)22-24(21-15-28-16-29-21)25(32)27(34-6)23(26(22)33-5)18-9-13-20(14-10-18)31(3)4/h7-16,32H,1-6H3,(H,28,29). The average molecular weight is 459 g/mol. The van der Waals surface area contributed by atoms with E-state index in [0.29, 0.717) is 28.3 Å². The largest absolute Gasteiger partial charge is 0.504 e. The van der Waals surface area contributed by atoms with Gasteiger partial charge in [-0.05, 0) is 35.4 Å². The van der Waals surface area contributed by atoms with Crippen molar-refractivity contribution in [1.82, 2.24) is 9.97 Å². The van der Waals surface area contributed by atoms with E-state index in [-0.39, 0.29) is 5.75 Å². The second-order valence-electron chi connectivity index (χ2n) is 8.39. The van der Waals surface area contributed by atoms with Crippen molar-refractivity contribution < 1.29 is 14.6 Å². The van der Waals surface area contributed by atoms with Gasteiger partial charge in [-0.2, -0.15) is 0 Å². The van der Waals surface area contributed by atoms with Crippen molar-refractivity contribution in [3.8, 4) is 50.8 Å². The predicted molar refractivity (Wildman–Crippen MR) is 138 cm³/mol. The minimum atomic E-state index is 0.0194. The van der Waals surface area contributed by atoms with Crippen LogP contribution in [-0.4, -0.2) is 57.5 Å². The van der Waals surface area contributed by atoms with Crippen LogP contribution in [0.2, 0.25) is 0 Å². The molecule has 7 nitrogen and oxygen atoms in total. The molecule has 0 fully saturated rings. The molecule has 7 heteroatoms. The van der Waals surface area contributed by atoms with Crippen molar-refractivity contribution >= 4 is 11.4 Å². The van der Waals surface area contributed by atoms with Crippen LogP contribution in [-0.2, 0) is 0 Å². The summed E-state index contributed by atoms with van der Waals surface area (Å²) in [5, 5.41) is 11.5. The summed E-state index contributed by atoms with van der Waals surface area (Å²) in [5.41, 5.74) is 6.58. The summed E-state index contributed by atoms with van der Waals surface area (Å²) in [6, 6.07) is 16.2. The highest BCUT2D eigenvalue weighted by Crippen LogP contribution is 2.55. The van der Waals surface area contributed by atoms with Crippen molar-refractivity contribution in [2.45, 2.75) is 0 Å². The number of aromatic nitrogens is 2. The topological polar surface area (TPSA) is 73.8 Å². The molecule has 0 aliphatic carbocycles. The first kappa shape index (κ1) is 23.0. The number of aromatic hydroxyl groups is 1. The Bertz CT molecular complexity index is 1260. The van der Waals surface area contributed by atoms with E-state index in [9.17, 15) is 5.11 Å². The van der Waals surface area contributed by atoms with Gasteiger partial charge in [-0.15, -0.1) is 0 Å². The zero-order valence-corrected chi connectivity index (χ0v) is 20.4. The Morgan fingerprint density at radius 2 is 1.21 bits per heavy atom. The molecule has 4 aromatic rings. The minimum Gasteiger partial charge on any atom is -0.504 e. The Balaban J connectivity index is 2.07. The fourth-order valence-electron chi connectivity index (χ4n) is 4.14. The van der Waals surface area contributed by atoms with Crippen LogP contribution in [0.1, 0.15) is 0 Å². The van der Waals surface area contributed by atoms with Gasteiger partial charge in [-0.1, -0.05) is 24.3 Å². The van der Waals surface area contributed by atoms with Gasteiger partial charge in [0.1, 0.15) is 5.75 Å². The van der Waals surface area contributed by atoms with Gasteiger partial charge in [-0.25, -0.2) is 4.98 Å². The number of anilines is 2. The third-order valence-corrected chi connectivity index (χ3v) is 5.90. The SMILES string of the molecule is COc1c(O)c(-c2cnc[nH]2)c(-c2ccc(N(C)C)cc2)c(OC)c1-c1ccc(N(C)C)cc1. The van der Waals surface area contributed by atoms with Crippen LogP contribution in [0, 0.1) is 0 Å². The number of hydrogen-bond acceptors (Lipinski definition) is 6. The first-order chi connectivity index (χ1) is 16.4. The maximum absolute atomic E-state index is 11.5. The number of benzene rings is 3. The lowest BCUT2D eigenvalue weighted by atomic mass is 9.89. The highest BCUT2D eigenvalue weighted by molar-refractivity contribution is 5.99. The molecule has 0 aliphatic heterocycles. The molecule has 3 aromatic carbocycles. The first-order valence-corrected chi connectivity index (χ1v) is 10.9. The molecule has 0 spiro atoms. The van der Waals surface area contributed by atoms with E-state index in [1.165, 1.54) is 0 Å². The Morgan fingerprint density at radius 1 is 0.706 bits per heavy atom. The molecular formula is C27H30N4O3. The van der Waals surface area contributed by atoms with E-state index in [2.05, 4.69) is 9.97 Å². The molecule has 176 valence electrons. The lowest BCUT2D eigenvalue weighted by molar-refractivity contribution is 0.368. The van der Waals surface area contributed by atoms with Crippen molar-refractivity contribution in [3.63, 3.8) is 0 Å². The molecule has 1 aromatic heterocycles. The van der Waals surface area contributed by atoms with Crippen LogP contribution in [0.3, 0.4) is 0 Å². The van der Waals surface area contributed by atoms with Gasteiger partial charge >= 0.3 is 0 Å². The third kappa shape index (κ3) is 4.01. The maximum Gasteiger partial charge on any atom is 0.172 e. The summed E-state index contributed by atoms with van der Waals surface area (Å²) in [5.74, 6) is 0.966. The molecule has 0 saturated heterocycles. The summed E-state index contributed by atoms with van der Waals surface area (Å²) >= 11 is 0. The van der Waals surface area contributed by atoms with Gasteiger partial charge in [0.05, 0.1) is 43.6 Å². The van der Waals surface area contributed by atoms with Crippen molar-refractivity contribution in [3.05, 3.63) is 61.1 Å². The first-order valence-electron chi connectivity index (χ1n) is 10.9. The van der Waals surface area contributed by atoms with Gasteiger partial charge in [0.25, 0.3) is 0 Å². The van der Waals surface area contributed by atoms with Gasteiger partial charge in [0, 0.05) is 45.1 Å². The van der Waals surface area contributed by atoms with E-state index < -0.39 is 0 Å². The van der Waals surface area contributed by atoms with Crippen molar-refractivity contribution in [2.75, 3.05) is 52.2 Å². The number of hydrogen-bond donors (Lipinski definition) is 2. The highest BCUT2D eigenvalue weighted by atomic mass is 16.5. The number of nitrogens with one attached hydrogen (secondary N) is 1. The molecule has 1 heterocycles. The second kappa shape index (κ2) is 9.39. The van der Waals surface area contributed by atoms with Crippen LogP contribution < -0.4 is 19.3 Å². The second-order valence-corrected chi connectivity index (χ2v) is 8.39. The number of rotatable bonds is 7. The highest BCUT2D eigenvalue weighted by Gasteiger charge is 2.29. The number of phenolic OH excluding ortho intramolecular Hbond substituents is 1. The Labute approximate surface area is 200 Å².